The summed E-state index contributed by atoms with van der Waals surface area (Å²) in [5, 5.41) is 9.27. The predicted molar refractivity (Wildman–Crippen MR) is 115 cm³/mol. The molecule has 32 heavy (non-hydrogen) atoms. The van der Waals surface area contributed by atoms with Crippen molar-refractivity contribution in [1.29, 1.82) is 0 Å². The van der Waals surface area contributed by atoms with Crippen molar-refractivity contribution in [3.05, 3.63) is 89.5 Å². The standard InChI is InChI=1S/C26H22F4O2/c1-2-3-18-9-8-17(14-32-18)21-11-10-19(23(27)24(21)28)15-4-6-16(7-5-15)20-12-13-22(31)26(30)25(20)29/h2-7,10-13,17-18,31H,8-9,14H2,1H3/b3-2+. The molecule has 2 atom stereocenters. The minimum atomic E-state index is -1.33. The van der Waals surface area contributed by atoms with E-state index >= 15 is 0 Å². The van der Waals surface area contributed by atoms with Crippen LogP contribution in [0.2, 0.25) is 0 Å². The lowest BCUT2D eigenvalue weighted by atomic mass is 9.89. The van der Waals surface area contributed by atoms with E-state index in [0.717, 1.165) is 12.5 Å². The number of aromatic hydroxyl groups is 1. The summed E-state index contributed by atoms with van der Waals surface area (Å²) in [5.41, 5.74) is 1.09. The zero-order chi connectivity index (χ0) is 22.8. The van der Waals surface area contributed by atoms with Crippen molar-refractivity contribution in [2.24, 2.45) is 0 Å². The average Bonchev–Trinajstić information content (AvgIpc) is 2.81. The molecule has 2 nitrogen and oxygen atoms in total. The maximum Gasteiger partial charge on any atom is 0.200 e. The monoisotopic (exact) mass is 442 g/mol. The number of benzene rings is 3. The van der Waals surface area contributed by atoms with E-state index in [2.05, 4.69) is 0 Å². The lowest BCUT2D eigenvalue weighted by Gasteiger charge is -2.28. The quantitative estimate of drug-likeness (QED) is 0.344. The first-order chi connectivity index (χ1) is 15.4. The van der Waals surface area contributed by atoms with Gasteiger partial charge >= 0.3 is 0 Å². The van der Waals surface area contributed by atoms with Crippen LogP contribution >= 0.6 is 0 Å². The zero-order valence-electron chi connectivity index (χ0n) is 17.4. The van der Waals surface area contributed by atoms with Gasteiger partial charge in [0.05, 0.1) is 12.7 Å². The van der Waals surface area contributed by atoms with Crippen molar-refractivity contribution in [3.8, 4) is 28.0 Å². The number of rotatable bonds is 4. The molecular weight excluding hydrogens is 420 g/mol. The van der Waals surface area contributed by atoms with Gasteiger partial charge in [0.15, 0.2) is 23.2 Å². The third-order valence-electron chi connectivity index (χ3n) is 5.84. The molecule has 0 aliphatic carbocycles. The van der Waals surface area contributed by atoms with E-state index in [0.29, 0.717) is 29.7 Å². The largest absolute Gasteiger partial charge is 0.505 e. The summed E-state index contributed by atoms with van der Waals surface area (Å²) in [4.78, 5) is 0. The van der Waals surface area contributed by atoms with Gasteiger partial charge in [0, 0.05) is 17.0 Å². The number of hydrogen-bond acceptors (Lipinski definition) is 2. The number of hydrogen-bond donors (Lipinski definition) is 1. The summed E-state index contributed by atoms with van der Waals surface area (Å²) >= 11 is 0. The molecule has 4 rings (SSSR count). The Kier molecular flexibility index (Phi) is 6.33. The van der Waals surface area contributed by atoms with Crippen molar-refractivity contribution in [3.63, 3.8) is 0 Å². The number of halogens is 4. The number of allylic oxidation sites excluding steroid dienone is 1. The molecule has 0 aromatic heterocycles. The highest BCUT2D eigenvalue weighted by Crippen LogP contribution is 2.35. The Hall–Kier alpha value is -3.12. The van der Waals surface area contributed by atoms with Gasteiger partial charge in [0.25, 0.3) is 0 Å². The van der Waals surface area contributed by atoms with E-state index in [1.807, 2.05) is 19.1 Å². The van der Waals surface area contributed by atoms with Gasteiger partial charge in [-0.1, -0.05) is 48.6 Å². The van der Waals surface area contributed by atoms with Crippen LogP contribution in [0.4, 0.5) is 17.6 Å². The van der Waals surface area contributed by atoms with E-state index in [-0.39, 0.29) is 23.1 Å². The van der Waals surface area contributed by atoms with Gasteiger partial charge in [0.1, 0.15) is 0 Å². The molecule has 2 unspecified atom stereocenters. The van der Waals surface area contributed by atoms with Gasteiger partial charge in [-0.15, -0.1) is 0 Å². The minimum absolute atomic E-state index is 0.00818. The van der Waals surface area contributed by atoms with Crippen LogP contribution in [0.25, 0.3) is 22.3 Å². The fourth-order valence-corrected chi connectivity index (χ4v) is 4.08. The van der Waals surface area contributed by atoms with Crippen LogP contribution < -0.4 is 0 Å². The molecule has 0 bridgehead atoms. The van der Waals surface area contributed by atoms with Crippen LogP contribution in [0.5, 0.6) is 5.75 Å². The molecule has 0 radical (unpaired) electrons. The predicted octanol–water partition coefficient (Wildman–Crippen LogP) is 7.12. The minimum Gasteiger partial charge on any atom is -0.505 e. The topological polar surface area (TPSA) is 29.5 Å². The second-order valence-corrected chi connectivity index (χ2v) is 7.84. The molecule has 1 heterocycles. The SMILES string of the molecule is C/C=C/C1CCC(c2ccc(-c3ccc(-c4ccc(O)c(F)c4F)cc3)c(F)c2F)CO1. The summed E-state index contributed by atoms with van der Waals surface area (Å²) < 4.78 is 63.3. The first-order valence-corrected chi connectivity index (χ1v) is 10.4. The highest BCUT2D eigenvalue weighted by Gasteiger charge is 2.26. The molecule has 1 aliphatic heterocycles. The van der Waals surface area contributed by atoms with Crippen molar-refractivity contribution in [2.45, 2.75) is 31.8 Å². The second kappa shape index (κ2) is 9.17. The van der Waals surface area contributed by atoms with E-state index in [1.165, 1.54) is 36.4 Å². The molecular formula is C26H22F4O2. The Balaban J connectivity index is 1.58. The van der Waals surface area contributed by atoms with E-state index in [4.69, 9.17) is 4.74 Å². The third kappa shape index (κ3) is 4.15. The van der Waals surface area contributed by atoms with Crippen LogP contribution in [-0.2, 0) is 4.74 Å². The molecule has 3 aromatic rings. The van der Waals surface area contributed by atoms with Crippen LogP contribution in [0.3, 0.4) is 0 Å². The first kappa shape index (κ1) is 22.1. The maximum atomic E-state index is 14.9. The molecule has 1 N–H and O–H groups in total. The normalized spacial score (nSPS) is 18.9. The molecule has 0 spiro atoms. The van der Waals surface area contributed by atoms with E-state index in [1.54, 1.807) is 6.07 Å². The Morgan fingerprint density at radius 3 is 1.94 bits per heavy atom. The van der Waals surface area contributed by atoms with Crippen LogP contribution in [-0.4, -0.2) is 17.8 Å². The molecule has 6 heteroatoms. The lowest BCUT2D eigenvalue weighted by Crippen LogP contribution is -2.24. The molecule has 1 aliphatic rings. The van der Waals surface area contributed by atoms with Gasteiger partial charge < -0.3 is 9.84 Å². The van der Waals surface area contributed by atoms with Crippen molar-refractivity contribution < 1.29 is 27.4 Å². The highest BCUT2D eigenvalue weighted by atomic mass is 19.2. The Morgan fingerprint density at radius 1 is 0.781 bits per heavy atom. The summed E-state index contributed by atoms with van der Waals surface area (Å²) in [6.45, 7) is 2.24. The molecule has 0 saturated carbocycles. The molecule has 3 aromatic carbocycles. The Bertz CT molecular complexity index is 1150. The smallest absolute Gasteiger partial charge is 0.200 e. The zero-order valence-corrected chi connectivity index (χ0v) is 17.4. The number of phenolic OH excluding ortho intramolecular Hbond substituents is 1. The van der Waals surface area contributed by atoms with E-state index < -0.39 is 29.0 Å². The fourth-order valence-electron chi connectivity index (χ4n) is 4.08. The van der Waals surface area contributed by atoms with Crippen molar-refractivity contribution in [2.75, 3.05) is 6.61 Å². The summed E-state index contributed by atoms with van der Waals surface area (Å²) in [7, 11) is 0. The lowest BCUT2D eigenvalue weighted by molar-refractivity contribution is 0.0317. The Labute approximate surface area is 183 Å². The second-order valence-electron chi connectivity index (χ2n) is 7.84. The molecule has 166 valence electrons. The maximum absolute atomic E-state index is 14.9. The van der Waals surface area contributed by atoms with Crippen LogP contribution in [0.1, 0.15) is 31.2 Å². The highest BCUT2D eigenvalue weighted by molar-refractivity contribution is 5.71. The third-order valence-corrected chi connectivity index (χ3v) is 5.84. The van der Waals surface area contributed by atoms with Gasteiger partial charge in [-0.2, -0.15) is 4.39 Å². The average molecular weight is 442 g/mol. The summed E-state index contributed by atoms with van der Waals surface area (Å²) in [6, 6.07) is 11.4. The van der Waals surface area contributed by atoms with Crippen LogP contribution in [0.15, 0.2) is 60.7 Å². The van der Waals surface area contributed by atoms with Crippen molar-refractivity contribution in [1.82, 2.24) is 0 Å². The first-order valence-electron chi connectivity index (χ1n) is 10.4. The summed E-state index contributed by atoms with van der Waals surface area (Å²) in [5.74, 6) is -5.34. The number of ether oxygens (including phenoxy) is 1. The molecule has 0 amide bonds. The van der Waals surface area contributed by atoms with Crippen molar-refractivity contribution >= 4 is 0 Å². The van der Waals surface area contributed by atoms with Crippen LogP contribution in [0, 0.1) is 23.3 Å². The molecule has 1 fully saturated rings. The van der Waals surface area contributed by atoms with Gasteiger partial charge in [-0.3, -0.25) is 0 Å². The van der Waals surface area contributed by atoms with Gasteiger partial charge in [-0.25, -0.2) is 13.2 Å². The Morgan fingerprint density at radius 2 is 1.38 bits per heavy atom. The van der Waals surface area contributed by atoms with Gasteiger partial charge in [0.2, 0.25) is 5.82 Å². The van der Waals surface area contributed by atoms with E-state index in [9.17, 15) is 22.7 Å². The number of phenols is 1. The molecule has 1 saturated heterocycles. The summed E-state index contributed by atoms with van der Waals surface area (Å²) in [6.07, 6.45) is 5.33. The van der Waals surface area contributed by atoms with Gasteiger partial charge in [-0.05, 0) is 48.6 Å². The fraction of sp³-hybridized carbons (Fsp3) is 0.231.